The normalized spacial score (nSPS) is 12.4. The average molecular weight is 560 g/mol. The van der Waals surface area contributed by atoms with Crippen LogP contribution in [-0.2, 0) is 9.84 Å². The number of nitrogens with two attached hydrogens (primary N) is 1. The molecule has 5 rings (SSSR count). The molecule has 3 N–H and O–H groups in total. The van der Waals surface area contributed by atoms with Gasteiger partial charge in [0.05, 0.1) is 27.1 Å². The summed E-state index contributed by atoms with van der Waals surface area (Å²) in [7, 11) is -3.42. The van der Waals surface area contributed by atoms with Crippen molar-refractivity contribution in [3.8, 4) is 16.8 Å². The molecule has 2 aromatic heterocycles. The molecule has 198 valence electrons. The van der Waals surface area contributed by atoms with Crippen molar-refractivity contribution in [2.24, 2.45) is 0 Å². The predicted molar refractivity (Wildman–Crippen MR) is 156 cm³/mol. The van der Waals surface area contributed by atoms with Crippen molar-refractivity contribution in [2.45, 2.75) is 24.8 Å². The minimum Gasteiger partial charge on any atom is -0.368 e. The van der Waals surface area contributed by atoms with Gasteiger partial charge in [-0.2, -0.15) is 4.98 Å². The number of fused-ring (bicyclic) bond motifs is 1. The summed E-state index contributed by atoms with van der Waals surface area (Å²) < 4.78 is 26.7. The number of hydrogen-bond donors (Lipinski definition) is 2. The molecule has 39 heavy (non-hydrogen) atoms. The molecule has 0 aliphatic carbocycles. The second-order valence-electron chi connectivity index (χ2n) is 9.04. The molecule has 0 spiro atoms. The molecule has 0 aliphatic heterocycles. The Kier molecular flexibility index (Phi) is 7.12. The Morgan fingerprint density at radius 3 is 2.51 bits per heavy atom. The van der Waals surface area contributed by atoms with Crippen LogP contribution >= 0.6 is 11.6 Å². The van der Waals surface area contributed by atoms with Gasteiger partial charge in [-0.25, -0.2) is 13.4 Å². The first kappa shape index (κ1) is 26.4. The molecule has 8 nitrogen and oxygen atoms in total. The van der Waals surface area contributed by atoms with Gasteiger partial charge in [0.1, 0.15) is 5.82 Å². The first-order chi connectivity index (χ1) is 18.7. The van der Waals surface area contributed by atoms with Crippen molar-refractivity contribution < 1.29 is 8.42 Å². The van der Waals surface area contributed by atoms with Crippen LogP contribution in [0.2, 0.25) is 5.02 Å². The third-order valence-corrected chi connectivity index (χ3v) is 8.57. The molecule has 2 heterocycles. The maximum absolute atomic E-state index is 13.8. The minimum atomic E-state index is -3.42. The highest BCUT2D eigenvalue weighted by Gasteiger charge is 2.20. The third-order valence-electron chi connectivity index (χ3n) is 6.53. The van der Waals surface area contributed by atoms with Crippen molar-refractivity contribution in [1.29, 1.82) is 0 Å². The smallest absolute Gasteiger partial charge is 0.264 e. The Bertz CT molecular complexity index is 1860. The Morgan fingerprint density at radius 1 is 1.03 bits per heavy atom. The van der Waals surface area contributed by atoms with Gasteiger partial charge in [0, 0.05) is 23.1 Å². The van der Waals surface area contributed by atoms with Gasteiger partial charge >= 0.3 is 0 Å². The number of nitrogens with one attached hydrogen (secondary N) is 1. The number of nitrogen functional groups attached to an aromatic ring is 1. The number of aromatic nitrogens is 3. The zero-order chi connectivity index (χ0) is 27.7. The number of rotatable bonds is 7. The maximum Gasteiger partial charge on any atom is 0.264 e. The fraction of sp³-hybridized carbons (Fsp3) is 0.138. The molecule has 5 aromatic rings. The molecule has 0 bridgehead atoms. The number of anilines is 2. The summed E-state index contributed by atoms with van der Waals surface area (Å²) in [5, 5.41) is 4.90. The SMILES string of the molecule is CCS(=O)(=O)c1cccc(-c2cnc(N)nc2N[C@@H](C)c2cc3cccc(Cl)c3c(=O)n2-c2ccccc2)c1. The molecule has 0 unspecified atom stereocenters. The van der Waals surface area contributed by atoms with Gasteiger partial charge in [-0.3, -0.25) is 9.36 Å². The fourth-order valence-corrected chi connectivity index (χ4v) is 5.71. The molecule has 0 saturated carbocycles. The maximum atomic E-state index is 13.8. The molecule has 1 atom stereocenters. The van der Waals surface area contributed by atoms with Crippen molar-refractivity contribution in [3.63, 3.8) is 0 Å². The average Bonchev–Trinajstić information content (AvgIpc) is 2.93. The van der Waals surface area contributed by atoms with E-state index in [2.05, 4.69) is 15.3 Å². The van der Waals surface area contributed by atoms with Crippen molar-refractivity contribution in [3.05, 3.63) is 106 Å². The van der Waals surface area contributed by atoms with Crippen LogP contribution in [0.3, 0.4) is 0 Å². The Labute approximate surface area is 231 Å². The highest BCUT2D eigenvalue weighted by atomic mass is 35.5. The number of pyridine rings is 1. The lowest BCUT2D eigenvalue weighted by Gasteiger charge is -2.23. The van der Waals surface area contributed by atoms with Gasteiger partial charge in [-0.05, 0) is 54.3 Å². The summed E-state index contributed by atoms with van der Waals surface area (Å²) in [5.41, 5.74) is 8.25. The first-order valence-electron chi connectivity index (χ1n) is 12.3. The summed E-state index contributed by atoms with van der Waals surface area (Å²) in [5.74, 6) is 0.440. The van der Waals surface area contributed by atoms with Crippen LogP contribution in [0.1, 0.15) is 25.6 Å². The van der Waals surface area contributed by atoms with E-state index in [9.17, 15) is 13.2 Å². The molecule has 10 heteroatoms. The Hall–Kier alpha value is -4.21. The lowest BCUT2D eigenvalue weighted by atomic mass is 10.1. The van der Waals surface area contributed by atoms with E-state index in [4.69, 9.17) is 17.3 Å². The van der Waals surface area contributed by atoms with Gasteiger partial charge in [-0.1, -0.05) is 61.0 Å². The molecule has 0 aliphatic rings. The van der Waals surface area contributed by atoms with E-state index in [1.165, 1.54) is 0 Å². The number of benzene rings is 3. The molecule has 0 saturated heterocycles. The monoisotopic (exact) mass is 559 g/mol. The van der Waals surface area contributed by atoms with Crippen molar-refractivity contribution >= 4 is 44.0 Å². The molecular weight excluding hydrogens is 534 g/mol. The largest absolute Gasteiger partial charge is 0.368 e. The standard InChI is InChI=1S/C29H26ClN5O3S/c1-3-39(37,38)22-13-7-9-19(15-22)23-17-32-29(31)34-27(23)33-18(2)25-16-20-10-8-14-24(30)26(20)28(36)35(25)21-11-5-4-6-12-21/h4-18H,3H2,1-2H3,(H3,31,32,33,34)/t18-/m0/s1. The summed E-state index contributed by atoms with van der Waals surface area (Å²) in [6.45, 7) is 3.51. The lowest BCUT2D eigenvalue weighted by Crippen LogP contribution is -2.26. The summed E-state index contributed by atoms with van der Waals surface area (Å²) >= 11 is 6.44. The van der Waals surface area contributed by atoms with Gasteiger partial charge in [-0.15, -0.1) is 0 Å². The Balaban J connectivity index is 1.65. The van der Waals surface area contributed by atoms with Crippen molar-refractivity contribution in [2.75, 3.05) is 16.8 Å². The highest BCUT2D eigenvalue weighted by molar-refractivity contribution is 7.91. The van der Waals surface area contributed by atoms with Crippen LogP contribution < -0.4 is 16.6 Å². The van der Waals surface area contributed by atoms with Gasteiger partial charge in [0.25, 0.3) is 5.56 Å². The van der Waals surface area contributed by atoms with E-state index >= 15 is 0 Å². The zero-order valence-electron chi connectivity index (χ0n) is 21.3. The van der Waals surface area contributed by atoms with Crippen LogP contribution in [0.4, 0.5) is 11.8 Å². The zero-order valence-corrected chi connectivity index (χ0v) is 22.9. The first-order valence-corrected chi connectivity index (χ1v) is 14.3. The van der Waals surface area contributed by atoms with E-state index in [0.29, 0.717) is 44.1 Å². The number of hydrogen-bond acceptors (Lipinski definition) is 7. The minimum absolute atomic E-state index is 0.0141. The van der Waals surface area contributed by atoms with Crippen LogP contribution in [0.5, 0.6) is 0 Å². The second-order valence-corrected chi connectivity index (χ2v) is 11.7. The van der Waals surface area contributed by atoms with Gasteiger partial charge in [0.2, 0.25) is 5.95 Å². The number of para-hydroxylation sites is 1. The highest BCUT2D eigenvalue weighted by Crippen LogP contribution is 2.32. The fourth-order valence-electron chi connectivity index (χ4n) is 4.52. The topological polar surface area (TPSA) is 120 Å². The summed E-state index contributed by atoms with van der Waals surface area (Å²) in [6.07, 6.45) is 1.56. The number of nitrogens with zero attached hydrogens (tertiary/aromatic N) is 3. The summed E-state index contributed by atoms with van der Waals surface area (Å²) in [4.78, 5) is 22.6. The molecule has 0 radical (unpaired) electrons. The van der Waals surface area contributed by atoms with E-state index in [1.54, 1.807) is 54.1 Å². The van der Waals surface area contributed by atoms with Gasteiger partial charge in [0.15, 0.2) is 9.84 Å². The molecule has 3 aromatic carbocycles. The lowest BCUT2D eigenvalue weighted by molar-refractivity contribution is 0.597. The second kappa shape index (κ2) is 10.5. The molecule has 0 amide bonds. The van der Waals surface area contributed by atoms with Gasteiger partial charge < -0.3 is 11.1 Å². The van der Waals surface area contributed by atoms with E-state index in [0.717, 1.165) is 0 Å². The quantitative estimate of drug-likeness (QED) is 0.264. The van der Waals surface area contributed by atoms with Crippen LogP contribution in [0.25, 0.3) is 27.6 Å². The van der Waals surface area contributed by atoms with E-state index in [1.807, 2.05) is 49.4 Å². The predicted octanol–water partition coefficient (Wildman–Crippen LogP) is 5.65. The molecule has 0 fully saturated rings. The number of halogens is 1. The van der Waals surface area contributed by atoms with Crippen LogP contribution in [0.15, 0.2) is 94.7 Å². The van der Waals surface area contributed by atoms with Crippen LogP contribution in [-0.4, -0.2) is 28.7 Å². The third kappa shape index (κ3) is 5.10. The van der Waals surface area contributed by atoms with E-state index < -0.39 is 15.9 Å². The number of sulfone groups is 1. The van der Waals surface area contributed by atoms with Crippen LogP contribution in [0, 0.1) is 0 Å². The van der Waals surface area contributed by atoms with E-state index in [-0.39, 0.29) is 22.2 Å². The van der Waals surface area contributed by atoms with Crippen molar-refractivity contribution in [1.82, 2.24) is 14.5 Å². The summed E-state index contributed by atoms with van der Waals surface area (Å²) in [6, 6.07) is 22.8. The Morgan fingerprint density at radius 2 is 1.77 bits per heavy atom. The molecular formula is C29H26ClN5O3S.